The number of nitrogens with zero attached hydrogens (tertiary/aromatic N) is 1. The third kappa shape index (κ3) is 4.40. The van der Waals surface area contributed by atoms with Gasteiger partial charge in [0.05, 0.1) is 0 Å². The smallest absolute Gasteiger partial charge is 0.262 e. The van der Waals surface area contributed by atoms with Gasteiger partial charge in [0.1, 0.15) is 12.4 Å². The maximum absolute atomic E-state index is 12.2. The summed E-state index contributed by atoms with van der Waals surface area (Å²) in [6, 6.07) is 14.8. The Bertz CT molecular complexity index is 777. The third-order valence-electron chi connectivity index (χ3n) is 4.16. The number of fused-ring (bicyclic) bond motifs is 1. The summed E-state index contributed by atoms with van der Waals surface area (Å²) in [5, 5.41) is 2.84. The van der Waals surface area contributed by atoms with Crippen LogP contribution in [0.15, 0.2) is 48.5 Å². The van der Waals surface area contributed by atoms with Crippen molar-refractivity contribution in [1.82, 2.24) is 0 Å². The summed E-state index contributed by atoms with van der Waals surface area (Å²) >= 11 is 0. The van der Waals surface area contributed by atoms with Crippen LogP contribution in [0.2, 0.25) is 0 Å². The molecule has 26 heavy (non-hydrogen) atoms. The number of methoxy groups -OCH3 is 1. The first-order valence-corrected chi connectivity index (χ1v) is 8.57. The van der Waals surface area contributed by atoms with Crippen molar-refractivity contribution in [2.45, 2.75) is 12.8 Å². The van der Waals surface area contributed by atoms with Crippen molar-refractivity contribution in [2.24, 2.45) is 0 Å². The van der Waals surface area contributed by atoms with Crippen LogP contribution in [0, 0.1) is 0 Å². The van der Waals surface area contributed by atoms with Gasteiger partial charge in [-0.2, -0.15) is 0 Å². The van der Waals surface area contributed by atoms with Gasteiger partial charge in [-0.15, -0.1) is 0 Å². The molecule has 0 unspecified atom stereocenters. The van der Waals surface area contributed by atoms with Crippen molar-refractivity contribution in [3.8, 4) is 5.75 Å². The number of rotatable bonds is 6. The Kier molecular flexibility index (Phi) is 5.86. The Morgan fingerprint density at radius 2 is 1.92 bits per heavy atom. The Balaban J connectivity index is 1.63. The fourth-order valence-electron chi connectivity index (χ4n) is 3.00. The van der Waals surface area contributed by atoms with Crippen LogP contribution in [-0.2, 0) is 20.7 Å². The average Bonchev–Trinajstić information content (AvgIpc) is 2.67. The molecule has 0 aromatic heterocycles. The molecule has 0 saturated carbocycles. The number of carbonyl (C=O) groups excluding carboxylic acids is 2. The lowest BCUT2D eigenvalue weighted by Gasteiger charge is -2.29. The third-order valence-corrected chi connectivity index (χ3v) is 4.16. The van der Waals surface area contributed by atoms with E-state index in [0.29, 0.717) is 18.0 Å². The fraction of sp³-hybridized carbons (Fsp3) is 0.300. The van der Waals surface area contributed by atoms with E-state index in [1.165, 1.54) is 7.11 Å². The maximum atomic E-state index is 12.2. The Morgan fingerprint density at radius 1 is 1.12 bits per heavy atom. The maximum Gasteiger partial charge on any atom is 0.262 e. The first-order valence-electron chi connectivity index (χ1n) is 8.57. The molecule has 2 aromatic carbocycles. The minimum absolute atomic E-state index is 0.0542. The first kappa shape index (κ1) is 17.9. The molecule has 2 amide bonds. The summed E-state index contributed by atoms with van der Waals surface area (Å²) in [6.45, 7) is 0.695. The molecule has 0 atom stereocenters. The number of anilines is 2. The number of nitrogens with one attached hydrogen (secondary N) is 1. The van der Waals surface area contributed by atoms with E-state index in [0.717, 1.165) is 24.1 Å². The molecule has 1 heterocycles. The minimum Gasteiger partial charge on any atom is -0.484 e. The first-order chi connectivity index (χ1) is 12.7. The van der Waals surface area contributed by atoms with Gasteiger partial charge < -0.3 is 19.7 Å². The predicted molar refractivity (Wildman–Crippen MR) is 99.6 cm³/mol. The van der Waals surface area contributed by atoms with Gasteiger partial charge in [0, 0.05) is 25.0 Å². The van der Waals surface area contributed by atoms with Gasteiger partial charge >= 0.3 is 0 Å². The summed E-state index contributed by atoms with van der Waals surface area (Å²) < 4.78 is 10.4. The van der Waals surface area contributed by atoms with Crippen LogP contribution in [0.1, 0.15) is 12.0 Å². The molecule has 0 aliphatic carbocycles. The van der Waals surface area contributed by atoms with Gasteiger partial charge in [-0.25, -0.2) is 0 Å². The molecular formula is C20H22N2O4. The van der Waals surface area contributed by atoms with Gasteiger partial charge in [0.15, 0.2) is 6.61 Å². The lowest BCUT2D eigenvalue weighted by molar-refractivity contribution is -0.122. The molecule has 0 bridgehead atoms. The van der Waals surface area contributed by atoms with Crippen LogP contribution in [-0.4, -0.2) is 38.7 Å². The van der Waals surface area contributed by atoms with Crippen molar-refractivity contribution in [2.75, 3.05) is 37.1 Å². The monoisotopic (exact) mass is 354 g/mol. The molecule has 0 spiro atoms. The molecule has 0 fully saturated rings. The number of hydrogen-bond donors (Lipinski definition) is 1. The van der Waals surface area contributed by atoms with Gasteiger partial charge in [-0.1, -0.05) is 18.2 Å². The number of amides is 2. The largest absolute Gasteiger partial charge is 0.484 e. The molecule has 0 radical (unpaired) electrons. The van der Waals surface area contributed by atoms with E-state index < -0.39 is 0 Å². The van der Waals surface area contributed by atoms with Gasteiger partial charge in [-0.05, 0) is 48.7 Å². The topological polar surface area (TPSA) is 67.9 Å². The second kappa shape index (κ2) is 8.49. The highest BCUT2D eigenvalue weighted by Gasteiger charge is 2.22. The van der Waals surface area contributed by atoms with Crippen LogP contribution >= 0.6 is 0 Å². The molecular weight excluding hydrogens is 332 g/mol. The van der Waals surface area contributed by atoms with Gasteiger partial charge in [-0.3, -0.25) is 9.59 Å². The van der Waals surface area contributed by atoms with Crippen LogP contribution in [0.4, 0.5) is 11.4 Å². The number of benzene rings is 2. The molecule has 1 N–H and O–H groups in total. The highest BCUT2D eigenvalue weighted by Crippen LogP contribution is 2.29. The second-order valence-corrected chi connectivity index (χ2v) is 6.08. The summed E-state index contributed by atoms with van der Waals surface area (Å²) in [5.74, 6) is 0.374. The van der Waals surface area contributed by atoms with Gasteiger partial charge in [0.25, 0.3) is 11.8 Å². The number of aryl methyl sites for hydroxylation is 1. The van der Waals surface area contributed by atoms with E-state index in [1.807, 2.05) is 30.3 Å². The quantitative estimate of drug-likeness (QED) is 0.866. The van der Waals surface area contributed by atoms with E-state index in [2.05, 4.69) is 5.32 Å². The van der Waals surface area contributed by atoms with Crippen LogP contribution in [0.3, 0.4) is 0 Å². The minimum atomic E-state index is -0.225. The zero-order valence-corrected chi connectivity index (χ0v) is 14.7. The van der Waals surface area contributed by atoms with Crippen molar-refractivity contribution >= 4 is 23.2 Å². The van der Waals surface area contributed by atoms with Crippen molar-refractivity contribution in [1.29, 1.82) is 0 Å². The van der Waals surface area contributed by atoms with E-state index in [1.54, 1.807) is 23.1 Å². The molecule has 2 aromatic rings. The highest BCUT2D eigenvalue weighted by atomic mass is 16.5. The molecule has 0 saturated heterocycles. The summed E-state index contributed by atoms with van der Waals surface area (Å²) in [6.07, 6.45) is 1.76. The zero-order chi connectivity index (χ0) is 18.4. The molecule has 1 aliphatic rings. The molecule has 3 rings (SSSR count). The summed E-state index contributed by atoms with van der Waals surface area (Å²) in [5.41, 5.74) is 2.63. The highest BCUT2D eigenvalue weighted by molar-refractivity contribution is 5.96. The number of ether oxygens (including phenoxy) is 2. The molecule has 6 heteroatoms. The van der Waals surface area contributed by atoms with Crippen LogP contribution in [0.25, 0.3) is 0 Å². The number of para-hydroxylation sites is 1. The number of hydrogen-bond acceptors (Lipinski definition) is 4. The van der Waals surface area contributed by atoms with Crippen molar-refractivity contribution in [3.05, 3.63) is 54.1 Å². The standard InChI is InChI=1S/C20H22N2O4/c1-25-14-20(24)22-11-5-6-15-12-16(9-10-18(15)22)21-19(23)13-26-17-7-3-2-4-8-17/h2-4,7-10,12H,5-6,11,13-14H2,1H3,(H,21,23). The van der Waals surface area contributed by atoms with Crippen LogP contribution < -0.4 is 15.0 Å². The van der Waals surface area contributed by atoms with E-state index in [-0.39, 0.29) is 25.0 Å². The fourth-order valence-corrected chi connectivity index (χ4v) is 3.00. The molecule has 136 valence electrons. The van der Waals surface area contributed by atoms with Crippen molar-refractivity contribution in [3.63, 3.8) is 0 Å². The lowest BCUT2D eigenvalue weighted by atomic mass is 10.0. The van der Waals surface area contributed by atoms with E-state index >= 15 is 0 Å². The molecule has 1 aliphatic heterocycles. The van der Waals surface area contributed by atoms with Crippen molar-refractivity contribution < 1.29 is 19.1 Å². The molecule has 6 nitrogen and oxygen atoms in total. The van der Waals surface area contributed by atoms with Crippen LogP contribution in [0.5, 0.6) is 5.75 Å². The van der Waals surface area contributed by atoms with Gasteiger partial charge in [0.2, 0.25) is 0 Å². The predicted octanol–water partition coefficient (Wildman–Crippen LogP) is 2.63. The summed E-state index contributed by atoms with van der Waals surface area (Å²) in [7, 11) is 1.51. The Labute approximate surface area is 152 Å². The van der Waals surface area contributed by atoms with E-state index in [9.17, 15) is 9.59 Å². The Morgan fingerprint density at radius 3 is 2.69 bits per heavy atom. The SMILES string of the molecule is COCC(=O)N1CCCc2cc(NC(=O)COc3ccccc3)ccc21. The zero-order valence-electron chi connectivity index (χ0n) is 14.7. The second-order valence-electron chi connectivity index (χ2n) is 6.08. The number of carbonyl (C=O) groups is 2. The Hall–Kier alpha value is -2.86. The van der Waals surface area contributed by atoms with E-state index in [4.69, 9.17) is 9.47 Å². The summed E-state index contributed by atoms with van der Waals surface area (Å²) in [4.78, 5) is 26.0. The normalized spacial score (nSPS) is 13.0. The average molecular weight is 354 g/mol. The lowest BCUT2D eigenvalue weighted by Crippen LogP contribution is -2.37.